The number of aliphatic hydroxyl groups is 2. The fraction of sp³-hybridized carbons (Fsp3) is 0.718. The number of ketones is 2. The predicted molar refractivity (Wildman–Crippen MR) is 184 cm³/mol. The van der Waals surface area contributed by atoms with Crippen LogP contribution in [0, 0.1) is 45.8 Å². The molecule has 0 aliphatic heterocycles. The average Bonchev–Trinajstić information content (AvgIpc) is 3.06. The number of carbonyl (C=O) groups excluding carboxylic acids is 3. The number of hydrogen-bond donors (Lipinski definition) is 3. The Morgan fingerprint density at radius 3 is 2.24 bits per heavy atom. The minimum Gasteiger partial charge on any atom is -0.446 e. The zero-order valence-electron chi connectivity index (χ0n) is 30.2. The smallest absolute Gasteiger partial charge is 0.310 e. The highest BCUT2D eigenvalue weighted by Crippen LogP contribution is 2.81. The molecule has 1 aromatic carbocycles. The average molecular weight is 712 g/mol. The maximum absolute atomic E-state index is 14.8. The Bertz CT molecular complexity index is 1720. The quantitative estimate of drug-likeness (QED) is 0.278. The van der Waals surface area contributed by atoms with Crippen LogP contribution in [0.4, 0.5) is 0 Å². The number of esters is 1. The molecule has 3 N–H and O–H groups in total. The first-order valence-electron chi connectivity index (χ1n) is 18.3. The first kappa shape index (κ1) is 35.9. The van der Waals surface area contributed by atoms with Gasteiger partial charge in [0.25, 0.3) is 0 Å². The van der Waals surface area contributed by atoms with Crippen LogP contribution in [-0.4, -0.2) is 73.7 Å². The van der Waals surface area contributed by atoms with Crippen LogP contribution >= 0.6 is 0 Å². The highest BCUT2D eigenvalue weighted by molar-refractivity contribution is 7.89. The van der Waals surface area contributed by atoms with Crippen LogP contribution in [0.15, 0.2) is 41.3 Å². The van der Waals surface area contributed by atoms with Gasteiger partial charge in [-0.1, -0.05) is 53.3 Å². The summed E-state index contributed by atoms with van der Waals surface area (Å²) in [6, 6.07) is 6.55. The van der Waals surface area contributed by atoms with E-state index < -0.39 is 79.5 Å². The van der Waals surface area contributed by atoms with E-state index in [0.29, 0.717) is 56.9 Å². The van der Waals surface area contributed by atoms with E-state index in [4.69, 9.17) is 9.47 Å². The molecule has 10 nitrogen and oxygen atoms in total. The Balaban J connectivity index is 1.08. The summed E-state index contributed by atoms with van der Waals surface area (Å²) in [4.78, 5) is 42.8. The minimum absolute atomic E-state index is 0.0350. The highest BCUT2D eigenvalue weighted by atomic mass is 32.2. The molecule has 1 aromatic rings. The van der Waals surface area contributed by atoms with Gasteiger partial charge in [0, 0.05) is 31.4 Å². The van der Waals surface area contributed by atoms with Crippen LogP contribution in [0.25, 0.3) is 0 Å². The Kier molecular flexibility index (Phi) is 8.29. The molecule has 7 rings (SSSR count). The van der Waals surface area contributed by atoms with E-state index in [-0.39, 0.29) is 34.7 Å². The van der Waals surface area contributed by atoms with E-state index >= 15 is 0 Å². The lowest BCUT2D eigenvalue weighted by Crippen LogP contribution is -2.91. The lowest BCUT2D eigenvalue weighted by molar-refractivity contribution is -0.331. The molecule has 6 fully saturated rings. The van der Waals surface area contributed by atoms with Crippen LogP contribution in [0.2, 0.25) is 0 Å². The van der Waals surface area contributed by atoms with Crippen molar-refractivity contribution in [2.24, 2.45) is 45.8 Å². The number of rotatable bonds is 7. The van der Waals surface area contributed by atoms with Gasteiger partial charge >= 0.3 is 5.97 Å². The molecule has 0 bridgehead atoms. The first-order chi connectivity index (χ1) is 23.3. The molecule has 50 heavy (non-hydrogen) atoms. The Labute approximate surface area is 295 Å². The maximum atomic E-state index is 14.8. The van der Waals surface area contributed by atoms with Crippen molar-refractivity contribution in [3.05, 3.63) is 42.0 Å². The van der Waals surface area contributed by atoms with Crippen LogP contribution < -0.4 is 4.72 Å². The van der Waals surface area contributed by atoms with E-state index in [9.17, 15) is 33.0 Å². The molecule has 6 aliphatic carbocycles. The molecule has 1 spiro atoms. The van der Waals surface area contributed by atoms with Crippen LogP contribution in [0.5, 0.6) is 0 Å². The zero-order valence-corrected chi connectivity index (χ0v) is 31.0. The van der Waals surface area contributed by atoms with Crippen molar-refractivity contribution < 1.29 is 42.5 Å². The molecule has 274 valence electrons. The summed E-state index contributed by atoms with van der Waals surface area (Å²) >= 11 is 0. The monoisotopic (exact) mass is 711 g/mol. The summed E-state index contributed by atoms with van der Waals surface area (Å²) in [5.41, 5.74) is -3.19. The molecule has 0 radical (unpaired) electrons. The number of ether oxygens (including phenoxy) is 2. The molecule has 6 saturated carbocycles. The Morgan fingerprint density at radius 2 is 1.64 bits per heavy atom. The third-order valence-electron chi connectivity index (χ3n) is 14.1. The number of carbonyl (C=O) groups is 3. The molecule has 0 amide bonds. The summed E-state index contributed by atoms with van der Waals surface area (Å²) in [6.07, 6.45) is 0.906. The number of nitrogens with one attached hydrogen (secondary N) is 1. The second-order valence-corrected chi connectivity index (χ2v) is 19.6. The van der Waals surface area contributed by atoms with Gasteiger partial charge in [0.15, 0.2) is 11.4 Å². The number of Topliss-reactive ketones (excluding diaryl/α,β-unsaturated/α-hetero) is 2. The lowest BCUT2D eigenvalue weighted by Gasteiger charge is -2.80. The van der Waals surface area contributed by atoms with Crippen molar-refractivity contribution in [2.75, 3.05) is 13.7 Å². The Morgan fingerprint density at radius 1 is 1.00 bits per heavy atom. The van der Waals surface area contributed by atoms with Gasteiger partial charge in [-0.25, -0.2) is 13.1 Å². The van der Waals surface area contributed by atoms with Gasteiger partial charge in [0.05, 0.1) is 40.5 Å². The first-order valence-corrected chi connectivity index (χ1v) is 19.8. The van der Waals surface area contributed by atoms with Crippen LogP contribution in [0.1, 0.15) is 91.5 Å². The van der Waals surface area contributed by atoms with Crippen molar-refractivity contribution >= 4 is 27.6 Å². The van der Waals surface area contributed by atoms with Gasteiger partial charge in [0.1, 0.15) is 5.78 Å². The molecular formula is C39H53NO9S. The lowest BCUT2D eigenvalue weighted by atomic mass is 9.23. The molecular weight excluding hydrogens is 658 g/mol. The summed E-state index contributed by atoms with van der Waals surface area (Å²) in [7, 11) is -2.23. The molecule has 0 aromatic heterocycles. The van der Waals surface area contributed by atoms with E-state index in [1.165, 1.54) is 7.11 Å². The standard InChI is InChI=1S/C39H53NO9S/c1-21-26-16-17-27-37(20-48-7)28(41)18-19-36(5,6)31(37)29(42)32(43)38(27)30(26)39(21,34(38)45)49-33(44)22-8-12-24(13-9-22)40-50(46,47)25-14-10-23(11-15-25)35(2,3)4/h10-11,14-15,22,24,26-27,29-32,40,42-43H,1,8-9,12-13,16-20H2,2-7H3. The number of hydrogen-bond acceptors (Lipinski definition) is 9. The van der Waals surface area contributed by atoms with E-state index in [0.717, 1.165) is 5.56 Å². The number of sulfonamides is 1. The second kappa shape index (κ2) is 11.5. The van der Waals surface area contributed by atoms with Crippen molar-refractivity contribution in [3.8, 4) is 0 Å². The van der Waals surface area contributed by atoms with Gasteiger partial charge in [-0.15, -0.1) is 0 Å². The molecule has 9 atom stereocenters. The van der Waals surface area contributed by atoms with Gasteiger partial charge in [0.2, 0.25) is 10.0 Å². The SMILES string of the molecule is C=C1C2CCC3C4(COC)C(=O)CCC(C)(C)C4C(O)C(O)C34C(=O)C1(OC(=O)C1CCC(NS(=O)(=O)c3ccc(C(C)(C)C)cc3)CC1)C24. The Hall–Kier alpha value is -2.44. The van der Waals surface area contributed by atoms with E-state index in [1.807, 2.05) is 26.0 Å². The van der Waals surface area contributed by atoms with Crippen molar-refractivity contribution in [1.82, 2.24) is 4.72 Å². The number of aliphatic hydroxyl groups excluding tert-OH is 2. The van der Waals surface area contributed by atoms with Crippen molar-refractivity contribution in [3.63, 3.8) is 0 Å². The van der Waals surface area contributed by atoms with E-state index in [2.05, 4.69) is 32.1 Å². The van der Waals surface area contributed by atoms with Crippen LogP contribution in [-0.2, 0) is 39.3 Å². The normalized spacial score (nSPS) is 42.0. The van der Waals surface area contributed by atoms with E-state index in [1.54, 1.807) is 12.1 Å². The number of methoxy groups -OCH3 is 1. The zero-order chi connectivity index (χ0) is 36.4. The summed E-state index contributed by atoms with van der Waals surface area (Å²) in [5.74, 6) is -3.46. The maximum Gasteiger partial charge on any atom is 0.310 e. The van der Waals surface area contributed by atoms with Crippen molar-refractivity contribution in [2.45, 2.75) is 120 Å². The molecule has 0 heterocycles. The summed E-state index contributed by atoms with van der Waals surface area (Å²) in [6.45, 7) is 14.5. The van der Waals surface area contributed by atoms with Gasteiger partial charge < -0.3 is 19.7 Å². The third kappa shape index (κ3) is 4.58. The van der Waals surface area contributed by atoms with Gasteiger partial charge in [-0.3, -0.25) is 14.4 Å². The van der Waals surface area contributed by atoms with Crippen molar-refractivity contribution in [1.29, 1.82) is 0 Å². The van der Waals surface area contributed by atoms with Crippen LogP contribution in [0.3, 0.4) is 0 Å². The molecule has 9 unspecified atom stereocenters. The predicted octanol–water partition coefficient (Wildman–Crippen LogP) is 4.26. The minimum atomic E-state index is -3.76. The molecule has 0 saturated heterocycles. The highest BCUT2D eigenvalue weighted by Gasteiger charge is 2.92. The van der Waals surface area contributed by atoms with Gasteiger partial charge in [-0.05, 0) is 90.9 Å². The summed E-state index contributed by atoms with van der Waals surface area (Å²) in [5, 5.41) is 23.9. The largest absolute Gasteiger partial charge is 0.446 e. The molecule has 11 heteroatoms. The van der Waals surface area contributed by atoms with Gasteiger partial charge in [-0.2, -0.15) is 0 Å². The third-order valence-corrected chi connectivity index (χ3v) is 15.6. The topological polar surface area (TPSA) is 156 Å². The fourth-order valence-corrected chi connectivity index (χ4v) is 13.2. The summed E-state index contributed by atoms with van der Waals surface area (Å²) < 4.78 is 41.1. The number of fused-ring (bicyclic) bond motifs is 2. The number of benzene rings is 1. The fourth-order valence-electron chi connectivity index (χ4n) is 11.8. The second-order valence-electron chi connectivity index (χ2n) is 17.9. The molecule has 6 aliphatic rings.